The molecule has 8 nitrogen and oxygen atoms in total. The normalized spacial score (nSPS) is 17.1. The van der Waals surface area contributed by atoms with Gasteiger partial charge in [0.15, 0.2) is 5.82 Å². The lowest BCUT2D eigenvalue weighted by molar-refractivity contribution is -0.122. The summed E-state index contributed by atoms with van der Waals surface area (Å²) in [5.41, 5.74) is 0.317. The molecule has 2 heterocycles. The summed E-state index contributed by atoms with van der Waals surface area (Å²) in [7, 11) is 0. The van der Waals surface area contributed by atoms with Gasteiger partial charge in [0.25, 0.3) is 0 Å². The summed E-state index contributed by atoms with van der Waals surface area (Å²) in [4.78, 5) is 31.5. The van der Waals surface area contributed by atoms with E-state index in [0.29, 0.717) is 25.3 Å². The number of carbonyl (C=O) groups excluding carboxylic acids is 2. The number of aromatic nitrogens is 3. The average molecular weight is 399 g/mol. The number of ether oxygens (including phenoxy) is 1. The van der Waals surface area contributed by atoms with Crippen LogP contribution in [-0.4, -0.2) is 49.9 Å². The Balaban J connectivity index is 1.76. The van der Waals surface area contributed by atoms with Gasteiger partial charge >= 0.3 is 6.09 Å². The van der Waals surface area contributed by atoms with Crippen molar-refractivity contribution in [2.24, 2.45) is 0 Å². The highest BCUT2D eigenvalue weighted by Gasteiger charge is 2.35. The Kier molecular flexibility index (Phi) is 6.20. The largest absolute Gasteiger partial charge is 0.444 e. The predicted octanol–water partition coefficient (Wildman–Crippen LogP) is 3.69. The first-order valence-corrected chi connectivity index (χ1v) is 10.1. The summed E-state index contributed by atoms with van der Waals surface area (Å²) in [6.45, 7) is 8.54. The molecule has 29 heavy (non-hydrogen) atoms. The molecule has 1 N–H and O–H groups in total. The first-order valence-electron chi connectivity index (χ1n) is 10.1. The van der Waals surface area contributed by atoms with Crippen LogP contribution < -0.4 is 5.32 Å². The maximum absolute atomic E-state index is 12.9. The standard InChI is InChI=1S/C21H29N5O3/c1-5-26-17(15-11-7-6-8-12-15)22-19(24-26)23-18(27)16-13-9-10-14-25(16)20(28)29-21(2,3)4/h6-8,11-12,16H,5,9-10,13-14H2,1-4H3,(H,23,24,27)/t16-/m0/s1. The lowest BCUT2D eigenvalue weighted by Crippen LogP contribution is -2.51. The number of likely N-dealkylation sites (tertiary alicyclic amines) is 1. The molecule has 0 radical (unpaired) electrons. The van der Waals surface area contributed by atoms with Gasteiger partial charge in [-0.3, -0.25) is 15.0 Å². The summed E-state index contributed by atoms with van der Waals surface area (Å²) in [6.07, 6.45) is 1.85. The molecular formula is C21H29N5O3. The van der Waals surface area contributed by atoms with Gasteiger partial charge in [0, 0.05) is 18.7 Å². The molecule has 2 amide bonds. The van der Waals surface area contributed by atoms with E-state index in [1.54, 1.807) is 4.68 Å². The highest BCUT2D eigenvalue weighted by Crippen LogP contribution is 2.23. The molecule has 1 aliphatic rings. The number of amides is 2. The fourth-order valence-corrected chi connectivity index (χ4v) is 3.35. The van der Waals surface area contributed by atoms with Gasteiger partial charge in [-0.25, -0.2) is 9.48 Å². The third-order valence-corrected chi connectivity index (χ3v) is 4.67. The van der Waals surface area contributed by atoms with E-state index in [-0.39, 0.29) is 11.9 Å². The van der Waals surface area contributed by atoms with E-state index < -0.39 is 17.7 Å². The Morgan fingerprint density at radius 3 is 2.59 bits per heavy atom. The van der Waals surface area contributed by atoms with Crippen molar-refractivity contribution in [2.75, 3.05) is 11.9 Å². The number of nitrogens with one attached hydrogen (secondary N) is 1. The first kappa shape index (κ1) is 20.8. The van der Waals surface area contributed by atoms with Crippen LogP contribution >= 0.6 is 0 Å². The quantitative estimate of drug-likeness (QED) is 0.847. The van der Waals surface area contributed by atoms with Crippen LogP contribution in [0.2, 0.25) is 0 Å². The summed E-state index contributed by atoms with van der Waals surface area (Å²) < 4.78 is 7.23. The number of rotatable bonds is 4. The molecule has 1 aromatic heterocycles. The lowest BCUT2D eigenvalue weighted by atomic mass is 10.0. The minimum absolute atomic E-state index is 0.241. The zero-order chi connectivity index (χ0) is 21.0. The number of hydrogen-bond acceptors (Lipinski definition) is 5. The Morgan fingerprint density at radius 1 is 1.21 bits per heavy atom. The molecule has 0 saturated carbocycles. The average Bonchev–Trinajstić information content (AvgIpc) is 3.10. The SMILES string of the molecule is CCn1nc(NC(=O)[C@@H]2CCCCN2C(=O)OC(C)(C)C)nc1-c1ccccc1. The highest BCUT2D eigenvalue weighted by atomic mass is 16.6. The van der Waals surface area contributed by atoms with E-state index in [1.807, 2.05) is 58.0 Å². The number of carbonyl (C=O) groups is 2. The maximum Gasteiger partial charge on any atom is 0.410 e. The van der Waals surface area contributed by atoms with Crippen molar-refractivity contribution in [1.29, 1.82) is 0 Å². The van der Waals surface area contributed by atoms with Gasteiger partial charge in [-0.2, -0.15) is 4.98 Å². The molecule has 3 rings (SSSR count). The Bertz CT molecular complexity index is 857. The zero-order valence-corrected chi connectivity index (χ0v) is 17.5. The van der Waals surface area contributed by atoms with E-state index in [9.17, 15) is 9.59 Å². The molecule has 156 valence electrons. The third kappa shape index (κ3) is 5.13. The van der Waals surface area contributed by atoms with Gasteiger partial charge < -0.3 is 4.74 Å². The zero-order valence-electron chi connectivity index (χ0n) is 17.5. The summed E-state index contributed by atoms with van der Waals surface area (Å²) in [6, 6.07) is 9.12. The van der Waals surface area contributed by atoms with E-state index in [0.717, 1.165) is 18.4 Å². The summed E-state index contributed by atoms with van der Waals surface area (Å²) in [5.74, 6) is 0.643. The fourth-order valence-electron chi connectivity index (χ4n) is 3.35. The smallest absolute Gasteiger partial charge is 0.410 e. The van der Waals surface area contributed by atoms with E-state index in [2.05, 4.69) is 15.4 Å². The second kappa shape index (κ2) is 8.63. The number of benzene rings is 1. The number of anilines is 1. The van der Waals surface area contributed by atoms with Crippen LogP contribution in [0.1, 0.15) is 47.0 Å². The monoisotopic (exact) mass is 399 g/mol. The minimum Gasteiger partial charge on any atom is -0.444 e. The van der Waals surface area contributed by atoms with Gasteiger partial charge in [0.05, 0.1) is 0 Å². The van der Waals surface area contributed by atoms with Crippen molar-refractivity contribution in [3.8, 4) is 11.4 Å². The molecule has 1 aromatic carbocycles. The molecule has 0 spiro atoms. The third-order valence-electron chi connectivity index (χ3n) is 4.67. The molecule has 0 unspecified atom stereocenters. The number of aryl methyl sites for hydroxylation is 1. The topological polar surface area (TPSA) is 89.4 Å². The molecule has 0 bridgehead atoms. The van der Waals surface area contributed by atoms with Crippen LogP contribution in [0.25, 0.3) is 11.4 Å². The van der Waals surface area contributed by atoms with Gasteiger partial charge in [-0.1, -0.05) is 30.3 Å². The van der Waals surface area contributed by atoms with Crippen molar-refractivity contribution in [3.63, 3.8) is 0 Å². The van der Waals surface area contributed by atoms with Crippen LogP contribution in [0.5, 0.6) is 0 Å². The second-order valence-corrected chi connectivity index (χ2v) is 8.12. The van der Waals surface area contributed by atoms with E-state index in [1.165, 1.54) is 4.90 Å². The lowest BCUT2D eigenvalue weighted by Gasteiger charge is -2.35. The molecule has 1 saturated heterocycles. The van der Waals surface area contributed by atoms with Gasteiger partial charge in [0.1, 0.15) is 11.6 Å². The Labute approximate surface area is 171 Å². The predicted molar refractivity (Wildman–Crippen MR) is 110 cm³/mol. The Morgan fingerprint density at radius 2 is 1.93 bits per heavy atom. The van der Waals surface area contributed by atoms with Crippen molar-refractivity contribution >= 4 is 17.9 Å². The molecule has 1 fully saturated rings. The van der Waals surface area contributed by atoms with Crippen LogP contribution in [0.3, 0.4) is 0 Å². The summed E-state index contributed by atoms with van der Waals surface area (Å²) in [5, 5.41) is 7.20. The number of nitrogens with zero attached hydrogens (tertiary/aromatic N) is 4. The molecule has 0 aliphatic carbocycles. The van der Waals surface area contributed by atoms with Crippen molar-refractivity contribution in [2.45, 2.75) is 65.1 Å². The molecule has 2 aromatic rings. The van der Waals surface area contributed by atoms with Gasteiger partial charge in [-0.05, 0) is 47.0 Å². The van der Waals surface area contributed by atoms with Crippen LogP contribution in [0, 0.1) is 0 Å². The summed E-state index contributed by atoms with van der Waals surface area (Å²) >= 11 is 0. The van der Waals surface area contributed by atoms with E-state index >= 15 is 0 Å². The van der Waals surface area contributed by atoms with Crippen molar-refractivity contribution in [3.05, 3.63) is 30.3 Å². The number of piperidine rings is 1. The maximum atomic E-state index is 12.9. The number of hydrogen-bond donors (Lipinski definition) is 1. The highest BCUT2D eigenvalue weighted by molar-refractivity contribution is 5.95. The van der Waals surface area contributed by atoms with Gasteiger partial charge in [0.2, 0.25) is 11.9 Å². The van der Waals surface area contributed by atoms with Crippen molar-refractivity contribution in [1.82, 2.24) is 19.7 Å². The fraction of sp³-hybridized carbons (Fsp3) is 0.524. The van der Waals surface area contributed by atoms with Crippen LogP contribution in [0.4, 0.5) is 10.7 Å². The Hall–Kier alpha value is -2.90. The van der Waals surface area contributed by atoms with Crippen LogP contribution in [0.15, 0.2) is 30.3 Å². The minimum atomic E-state index is -0.610. The van der Waals surface area contributed by atoms with E-state index in [4.69, 9.17) is 4.74 Å². The first-order chi connectivity index (χ1) is 13.8. The molecule has 1 atom stereocenters. The second-order valence-electron chi connectivity index (χ2n) is 8.12. The molecule has 1 aliphatic heterocycles. The molecule has 8 heteroatoms. The van der Waals surface area contributed by atoms with Gasteiger partial charge in [-0.15, -0.1) is 5.10 Å². The molecular weight excluding hydrogens is 370 g/mol. The van der Waals surface area contributed by atoms with Crippen LogP contribution in [-0.2, 0) is 16.1 Å². The van der Waals surface area contributed by atoms with Crippen molar-refractivity contribution < 1.29 is 14.3 Å².